The Hall–Kier alpha value is -7.44. The average molecular weight is 694 g/mol. The van der Waals surface area contributed by atoms with E-state index >= 15 is 0 Å². The lowest BCUT2D eigenvalue weighted by Gasteiger charge is -2.26. The van der Waals surface area contributed by atoms with Crippen molar-refractivity contribution in [1.82, 2.24) is 19.9 Å². The van der Waals surface area contributed by atoms with E-state index in [-0.39, 0.29) is 0 Å². The SMILES string of the molecule is c1ccc(-c2cc(-c3ccc(N(c4ccc(-c5cc6ccccc6cn5)cc4)c4ccc(-c5nc6ccccc6o5)cc4)cc3)nc3cccnc23)cc1. The summed E-state index contributed by atoms with van der Waals surface area (Å²) in [6.07, 6.45) is 3.76. The van der Waals surface area contributed by atoms with Crippen molar-refractivity contribution in [2.45, 2.75) is 0 Å². The van der Waals surface area contributed by atoms with Crippen LogP contribution in [0, 0.1) is 0 Å². The van der Waals surface area contributed by atoms with Gasteiger partial charge in [0.25, 0.3) is 0 Å². The molecule has 0 radical (unpaired) electrons. The van der Waals surface area contributed by atoms with Gasteiger partial charge in [0, 0.05) is 57.1 Å². The number of benzene rings is 6. The zero-order valence-electron chi connectivity index (χ0n) is 29.0. The molecule has 254 valence electrons. The number of aromatic nitrogens is 4. The van der Waals surface area contributed by atoms with Gasteiger partial charge in [-0.05, 0) is 95.9 Å². The molecule has 0 aliphatic carbocycles. The van der Waals surface area contributed by atoms with Gasteiger partial charge in [-0.25, -0.2) is 9.97 Å². The van der Waals surface area contributed by atoms with Gasteiger partial charge in [-0.2, -0.15) is 0 Å². The molecule has 54 heavy (non-hydrogen) atoms. The predicted molar refractivity (Wildman–Crippen MR) is 219 cm³/mol. The summed E-state index contributed by atoms with van der Waals surface area (Å²) in [5.74, 6) is 0.596. The van der Waals surface area contributed by atoms with Crippen molar-refractivity contribution in [3.8, 4) is 45.1 Å². The molecule has 10 rings (SSSR count). The molecule has 0 spiro atoms. The standard InChI is InChI=1S/C48H31N5O/c1-2-9-32(10-3-1)41-30-45(51-43-14-8-28-49-47(41)43)34-18-24-39(25-19-34)53(40-26-20-35(21-27-40)48-52-42-13-6-7-15-46(42)54-48)38-22-16-33(17-23-38)44-29-36-11-4-5-12-37(36)31-50-44/h1-31H. The predicted octanol–water partition coefficient (Wildman–Crippen LogP) is 12.5. The van der Waals surface area contributed by atoms with Gasteiger partial charge in [0.05, 0.1) is 22.4 Å². The van der Waals surface area contributed by atoms with Gasteiger partial charge in [-0.3, -0.25) is 9.97 Å². The van der Waals surface area contributed by atoms with Crippen LogP contribution in [-0.2, 0) is 0 Å². The molecule has 0 unspecified atom stereocenters. The number of anilines is 3. The molecule has 0 aliphatic rings. The summed E-state index contributed by atoms with van der Waals surface area (Å²) in [6.45, 7) is 0. The quantitative estimate of drug-likeness (QED) is 0.165. The Bertz CT molecular complexity index is 2890. The first kappa shape index (κ1) is 31.3. The maximum atomic E-state index is 6.08. The van der Waals surface area contributed by atoms with E-state index in [9.17, 15) is 0 Å². The molecule has 4 heterocycles. The van der Waals surface area contributed by atoms with Crippen LogP contribution < -0.4 is 4.90 Å². The second-order valence-electron chi connectivity index (χ2n) is 13.2. The first-order valence-corrected chi connectivity index (χ1v) is 17.9. The fourth-order valence-corrected chi connectivity index (χ4v) is 7.05. The zero-order valence-corrected chi connectivity index (χ0v) is 29.0. The molecule has 6 aromatic carbocycles. The van der Waals surface area contributed by atoms with Crippen molar-refractivity contribution in [3.05, 3.63) is 188 Å². The van der Waals surface area contributed by atoms with Gasteiger partial charge in [0.1, 0.15) is 5.52 Å². The molecule has 6 nitrogen and oxygen atoms in total. The van der Waals surface area contributed by atoms with E-state index in [1.807, 2.05) is 60.9 Å². The van der Waals surface area contributed by atoms with Crippen LogP contribution in [0.25, 0.3) is 78.0 Å². The highest BCUT2D eigenvalue weighted by atomic mass is 16.3. The van der Waals surface area contributed by atoms with Gasteiger partial charge in [-0.15, -0.1) is 0 Å². The van der Waals surface area contributed by atoms with E-state index in [0.29, 0.717) is 5.89 Å². The molecule has 4 aromatic heterocycles. The third-order valence-electron chi connectivity index (χ3n) is 9.79. The highest BCUT2D eigenvalue weighted by Gasteiger charge is 2.16. The molecule has 10 aromatic rings. The Balaban J connectivity index is 1.04. The zero-order chi connectivity index (χ0) is 35.8. The summed E-state index contributed by atoms with van der Waals surface area (Å²) in [7, 11) is 0. The lowest BCUT2D eigenvalue weighted by molar-refractivity contribution is 0.620. The molecular weight excluding hydrogens is 663 g/mol. The molecule has 0 N–H and O–H groups in total. The first-order chi connectivity index (χ1) is 26.7. The summed E-state index contributed by atoms with van der Waals surface area (Å²) >= 11 is 0. The van der Waals surface area contributed by atoms with Crippen LogP contribution >= 0.6 is 0 Å². The molecule has 0 fully saturated rings. The summed E-state index contributed by atoms with van der Waals surface area (Å²) in [4.78, 5) is 21.5. The number of fused-ring (bicyclic) bond motifs is 3. The van der Waals surface area contributed by atoms with Crippen LogP contribution in [0.5, 0.6) is 0 Å². The third-order valence-corrected chi connectivity index (χ3v) is 9.79. The number of para-hydroxylation sites is 2. The van der Waals surface area contributed by atoms with Crippen LogP contribution in [0.3, 0.4) is 0 Å². The first-order valence-electron chi connectivity index (χ1n) is 17.9. The van der Waals surface area contributed by atoms with Crippen LogP contribution in [0.15, 0.2) is 193 Å². The molecular formula is C48H31N5O. The smallest absolute Gasteiger partial charge is 0.227 e. The fraction of sp³-hybridized carbons (Fsp3) is 0. The number of rotatable bonds is 7. The summed E-state index contributed by atoms with van der Waals surface area (Å²) in [5, 5.41) is 2.29. The minimum absolute atomic E-state index is 0.596. The van der Waals surface area contributed by atoms with Gasteiger partial charge in [0.15, 0.2) is 5.58 Å². The Labute approximate surface area is 311 Å². The summed E-state index contributed by atoms with van der Waals surface area (Å²) in [6, 6.07) is 60.3. The third kappa shape index (κ3) is 5.82. The Morgan fingerprint density at radius 3 is 1.76 bits per heavy atom. The van der Waals surface area contributed by atoms with Crippen molar-refractivity contribution in [2.24, 2.45) is 0 Å². The number of nitrogens with zero attached hydrogens (tertiary/aromatic N) is 5. The highest BCUT2D eigenvalue weighted by Crippen LogP contribution is 2.38. The van der Waals surface area contributed by atoms with Gasteiger partial charge < -0.3 is 9.32 Å². The maximum Gasteiger partial charge on any atom is 0.227 e. The van der Waals surface area contributed by atoms with Crippen LogP contribution in [0.1, 0.15) is 0 Å². The largest absolute Gasteiger partial charge is 0.436 e. The van der Waals surface area contributed by atoms with E-state index in [0.717, 1.165) is 83.8 Å². The van der Waals surface area contributed by atoms with Crippen molar-refractivity contribution in [3.63, 3.8) is 0 Å². The van der Waals surface area contributed by atoms with E-state index in [2.05, 4.69) is 137 Å². The minimum Gasteiger partial charge on any atom is -0.436 e. The maximum absolute atomic E-state index is 6.08. The molecule has 0 bridgehead atoms. The second kappa shape index (κ2) is 13.3. The number of pyridine rings is 3. The van der Waals surface area contributed by atoms with E-state index in [1.54, 1.807) is 0 Å². The average Bonchev–Trinajstić information content (AvgIpc) is 3.69. The monoisotopic (exact) mass is 693 g/mol. The number of oxazole rings is 1. The van der Waals surface area contributed by atoms with Crippen LogP contribution in [-0.4, -0.2) is 19.9 Å². The number of hydrogen-bond acceptors (Lipinski definition) is 6. The van der Waals surface area contributed by atoms with Crippen molar-refractivity contribution < 1.29 is 4.42 Å². The van der Waals surface area contributed by atoms with Gasteiger partial charge in [0.2, 0.25) is 5.89 Å². The van der Waals surface area contributed by atoms with E-state index in [4.69, 9.17) is 19.4 Å². The normalized spacial score (nSPS) is 11.3. The molecule has 6 heteroatoms. The summed E-state index contributed by atoms with van der Waals surface area (Å²) in [5.41, 5.74) is 13.4. The Kier molecular flexibility index (Phi) is 7.69. The van der Waals surface area contributed by atoms with Crippen molar-refractivity contribution in [1.29, 1.82) is 0 Å². The minimum atomic E-state index is 0.596. The van der Waals surface area contributed by atoms with Gasteiger partial charge >= 0.3 is 0 Å². The molecule has 0 atom stereocenters. The Morgan fingerprint density at radius 2 is 1.04 bits per heavy atom. The van der Waals surface area contributed by atoms with Crippen LogP contribution in [0.4, 0.5) is 17.1 Å². The lowest BCUT2D eigenvalue weighted by atomic mass is 10.0. The highest BCUT2D eigenvalue weighted by molar-refractivity contribution is 5.94. The van der Waals surface area contributed by atoms with Gasteiger partial charge in [-0.1, -0.05) is 91.0 Å². The molecule has 0 amide bonds. The van der Waals surface area contributed by atoms with E-state index < -0.39 is 0 Å². The lowest BCUT2D eigenvalue weighted by Crippen LogP contribution is -2.09. The number of hydrogen-bond donors (Lipinski definition) is 0. The molecule has 0 saturated heterocycles. The molecule has 0 aliphatic heterocycles. The second-order valence-corrected chi connectivity index (χ2v) is 13.2. The molecule has 0 saturated carbocycles. The van der Waals surface area contributed by atoms with E-state index in [1.165, 1.54) is 5.39 Å². The fourth-order valence-electron chi connectivity index (χ4n) is 7.05. The topological polar surface area (TPSA) is 67.9 Å². The van der Waals surface area contributed by atoms with Crippen molar-refractivity contribution >= 4 is 50.0 Å². The summed E-state index contributed by atoms with van der Waals surface area (Å²) < 4.78 is 6.08. The van der Waals surface area contributed by atoms with Crippen molar-refractivity contribution in [2.75, 3.05) is 4.90 Å². The Morgan fingerprint density at radius 1 is 0.426 bits per heavy atom. The van der Waals surface area contributed by atoms with Crippen LogP contribution in [0.2, 0.25) is 0 Å².